The minimum absolute atomic E-state index is 0.0382. The van der Waals surface area contributed by atoms with Gasteiger partial charge in [0.2, 0.25) is 5.91 Å². The van der Waals surface area contributed by atoms with Gasteiger partial charge in [0.05, 0.1) is 53.7 Å². The molecule has 316 valence electrons. The first-order chi connectivity index (χ1) is 29.3. The molecule has 0 bridgehead atoms. The molecule has 0 atom stereocenters. The van der Waals surface area contributed by atoms with Crippen molar-refractivity contribution in [2.24, 2.45) is 0 Å². The van der Waals surface area contributed by atoms with Crippen LogP contribution in [0.2, 0.25) is 0 Å². The number of benzene rings is 3. The van der Waals surface area contributed by atoms with Crippen molar-refractivity contribution in [3.63, 3.8) is 0 Å². The molecule has 1 saturated heterocycles. The quantitative estimate of drug-likeness (QED) is 0.116. The van der Waals surface area contributed by atoms with E-state index < -0.39 is 29.3 Å². The number of pyridine rings is 1. The summed E-state index contributed by atoms with van der Waals surface area (Å²) in [6, 6.07) is 21.9. The molecule has 17 heteroatoms. The third-order valence-corrected chi connectivity index (χ3v) is 9.62. The van der Waals surface area contributed by atoms with Crippen LogP contribution in [0.1, 0.15) is 58.4 Å². The SMILES string of the molecule is CC(C)(C)OC(=O)Nc1cc(-c2cccc(C#N)c2)cnc1C(=O)NCCOCCNCC(=O)N1CCN(C(=O)c2cc(Cc3n[nH]c(=O)c4ccccc34)ccc2F)CC1. The van der Waals surface area contributed by atoms with E-state index in [0.29, 0.717) is 45.3 Å². The van der Waals surface area contributed by atoms with Gasteiger partial charge in [-0.05, 0) is 68.3 Å². The molecular formula is C44H46FN9O7. The van der Waals surface area contributed by atoms with Gasteiger partial charge in [-0.1, -0.05) is 36.4 Å². The second-order valence-electron chi connectivity index (χ2n) is 15.2. The van der Waals surface area contributed by atoms with Gasteiger partial charge in [-0.3, -0.25) is 24.5 Å². The predicted octanol–water partition coefficient (Wildman–Crippen LogP) is 4.25. The Morgan fingerprint density at radius 2 is 1.64 bits per heavy atom. The van der Waals surface area contributed by atoms with Crippen LogP contribution in [-0.2, 0) is 20.7 Å². The van der Waals surface area contributed by atoms with E-state index in [0.717, 1.165) is 0 Å². The van der Waals surface area contributed by atoms with Crippen LogP contribution in [0, 0.1) is 17.1 Å². The van der Waals surface area contributed by atoms with Gasteiger partial charge in [-0.2, -0.15) is 10.4 Å². The van der Waals surface area contributed by atoms with Gasteiger partial charge in [0.15, 0.2) is 5.69 Å². The molecule has 3 heterocycles. The molecule has 61 heavy (non-hydrogen) atoms. The van der Waals surface area contributed by atoms with E-state index in [1.165, 1.54) is 23.2 Å². The van der Waals surface area contributed by atoms with E-state index in [1.54, 1.807) is 80.3 Å². The molecule has 1 aliphatic heterocycles. The number of hydrogen-bond donors (Lipinski definition) is 4. The number of hydrogen-bond acceptors (Lipinski definition) is 11. The van der Waals surface area contributed by atoms with E-state index >= 15 is 0 Å². The summed E-state index contributed by atoms with van der Waals surface area (Å²) in [6.07, 6.45) is 0.998. The molecule has 16 nitrogen and oxygen atoms in total. The summed E-state index contributed by atoms with van der Waals surface area (Å²) < 4.78 is 25.9. The fourth-order valence-electron chi connectivity index (χ4n) is 6.63. The molecule has 2 aromatic heterocycles. The van der Waals surface area contributed by atoms with Crippen LogP contribution in [-0.4, -0.2) is 113 Å². The van der Waals surface area contributed by atoms with E-state index in [9.17, 15) is 33.6 Å². The number of aromatic amines is 1. The number of H-pyrrole nitrogens is 1. The number of aromatic nitrogens is 3. The third-order valence-electron chi connectivity index (χ3n) is 9.62. The molecule has 3 aromatic carbocycles. The standard InChI is InChI=1S/C44H46FN9O7/c1-44(2,3)61-43(59)50-37-24-31(30-8-6-7-29(21-30)25-46)26-49-39(37)41(57)48-14-20-60-19-13-47-27-38(55)53-15-17-54(18-16-53)42(58)34-22-28(11-12-35(34)45)23-36-32-9-4-5-10-33(32)40(56)52-51-36/h4-12,21-22,24,26,47H,13-20,23,27H2,1-3H3,(H,48,57)(H,50,59)(H,52,56). The molecule has 6 rings (SSSR count). The lowest BCUT2D eigenvalue weighted by Gasteiger charge is -2.35. The van der Waals surface area contributed by atoms with E-state index in [-0.39, 0.29) is 87.3 Å². The number of anilines is 1. The maximum absolute atomic E-state index is 14.9. The maximum atomic E-state index is 14.9. The number of nitriles is 1. The lowest BCUT2D eigenvalue weighted by Crippen LogP contribution is -2.52. The summed E-state index contributed by atoms with van der Waals surface area (Å²) in [7, 11) is 0. The zero-order chi connectivity index (χ0) is 43.5. The number of piperazine rings is 1. The van der Waals surface area contributed by atoms with Crippen LogP contribution in [0.15, 0.2) is 83.8 Å². The first kappa shape index (κ1) is 43.5. The normalized spacial score (nSPS) is 12.8. The Labute approximate surface area is 351 Å². The van der Waals surface area contributed by atoms with Gasteiger partial charge < -0.3 is 29.9 Å². The lowest BCUT2D eigenvalue weighted by molar-refractivity contribution is -0.131. The predicted molar refractivity (Wildman–Crippen MR) is 224 cm³/mol. The van der Waals surface area contributed by atoms with Crippen LogP contribution in [0.5, 0.6) is 0 Å². The first-order valence-electron chi connectivity index (χ1n) is 19.7. The third kappa shape index (κ3) is 11.6. The van der Waals surface area contributed by atoms with Crippen molar-refractivity contribution < 1.29 is 33.0 Å². The van der Waals surface area contributed by atoms with Crippen LogP contribution in [0.4, 0.5) is 14.9 Å². The topological polar surface area (TPSA) is 212 Å². The monoisotopic (exact) mass is 831 g/mol. The second kappa shape index (κ2) is 19.8. The Morgan fingerprint density at radius 1 is 0.902 bits per heavy atom. The largest absolute Gasteiger partial charge is 0.444 e. The van der Waals surface area contributed by atoms with Crippen molar-refractivity contribution in [1.82, 2.24) is 35.6 Å². The molecule has 0 saturated carbocycles. The number of fused-ring (bicyclic) bond motifs is 1. The highest BCUT2D eigenvalue weighted by molar-refractivity contribution is 6.02. The number of nitrogens with one attached hydrogen (secondary N) is 4. The number of amides is 4. The Morgan fingerprint density at radius 3 is 2.39 bits per heavy atom. The summed E-state index contributed by atoms with van der Waals surface area (Å²) in [5, 5.41) is 25.6. The average Bonchev–Trinajstić information content (AvgIpc) is 3.25. The van der Waals surface area contributed by atoms with Crippen LogP contribution < -0.4 is 21.5 Å². The lowest BCUT2D eigenvalue weighted by atomic mass is 10.0. The average molecular weight is 832 g/mol. The van der Waals surface area contributed by atoms with E-state index in [4.69, 9.17) is 9.47 Å². The van der Waals surface area contributed by atoms with Crippen molar-refractivity contribution >= 4 is 40.3 Å². The molecule has 1 fully saturated rings. The van der Waals surface area contributed by atoms with Crippen molar-refractivity contribution in [3.8, 4) is 17.2 Å². The smallest absolute Gasteiger partial charge is 0.412 e. The zero-order valence-corrected chi connectivity index (χ0v) is 34.0. The zero-order valence-electron chi connectivity index (χ0n) is 34.0. The summed E-state index contributed by atoms with van der Waals surface area (Å²) in [5.41, 5.74) is 1.89. The Balaban J connectivity index is 0.914. The fourth-order valence-corrected chi connectivity index (χ4v) is 6.63. The van der Waals surface area contributed by atoms with Crippen LogP contribution in [0.25, 0.3) is 21.9 Å². The highest BCUT2D eigenvalue weighted by Crippen LogP contribution is 2.26. The Bertz CT molecular complexity index is 2520. The minimum atomic E-state index is -0.779. The fraction of sp³-hybridized carbons (Fsp3) is 0.318. The summed E-state index contributed by atoms with van der Waals surface area (Å²) >= 11 is 0. The molecular weight excluding hydrogens is 786 g/mol. The van der Waals surface area contributed by atoms with Gasteiger partial charge in [0.1, 0.15) is 11.4 Å². The Hall–Kier alpha value is -7.03. The number of ether oxygens (including phenoxy) is 2. The van der Waals surface area contributed by atoms with Crippen LogP contribution >= 0.6 is 0 Å². The van der Waals surface area contributed by atoms with Crippen molar-refractivity contribution in [2.45, 2.75) is 32.8 Å². The molecule has 0 spiro atoms. The molecule has 5 aromatic rings. The number of carbonyl (C=O) groups excluding carboxylic acids is 4. The van der Waals surface area contributed by atoms with Crippen molar-refractivity contribution in [2.75, 3.05) is 64.3 Å². The maximum Gasteiger partial charge on any atom is 0.412 e. The molecule has 4 amide bonds. The van der Waals surface area contributed by atoms with Crippen LogP contribution in [0.3, 0.4) is 0 Å². The molecule has 4 N–H and O–H groups in total. The van der Waals surface area contributed by atoms with Gasteiger partial charge in [0.25, 0.3) is 17.4 Å². The molecule has 1 aliphatic rings. The highest BCUT2D eigenvalue weighted by Gasteiger charge is 2.27. The summed E-state index contributed by atoms with van der Waals surface area (Å²) in [5.74, 6) is -1.82. The van der Waals surface area contributed by atoms with Crippen molar-refractivity contribution in [1.29, 1.82) is 5.26 Å². The molecule has 0 unspecified atom stereocenters. The highest BCUT2D eigenvalue weighted by atomic mass is 19.1. The number of halogens is 1. The minimum Gasteiger partial charge on any atom is -0.444 e. The van der Waals surface area contributed by atoms with E-state index in [2.05, 4.69) is 37.2 Å². The van der Waals surface area contributed by atoms with E-state index in [1.807, 2.05) is 6.07 Å². The van der Waals surface area contributed by atoms with Gasteiger partial charge in [0, 0.05) is 62.8 Å². The Kier molecular flexibility index (Phi) is 14.1. The number of carbonyl (C=O) groups is 4. The summed E-state index contributed by atoms with van der Waals surface area (Å²) in [4.78, 5) is 71.7. The molecule has 0 radical (unpaired) electrons. The molecule has 0 aliphatic carbocycles. The number of rotatable bonds is 14. The van der Waals surface area contributed by atoms with Crippen molar-refractivity contribution in [3.05, 3.63) is 123 Å². The second-order valence-corrected chi connectivity index (χ2v) is 15.2. The number of nitrogens with zero attached hydrogens (tertiary/aromatic N) is 5. The van der Waals surface area contributed by atoms with Gasteiger partial charge >= 0.3 is 6.09 Å². The van der Waals surface area contributed by atoms with Gasteiger partial charge in [-0.25, -0.2) is 19.3 Å². The first-order valence-corrected chi connectivity index (χ1v) is 19.7. The van der Waals surface area contributed by atoms with Gasteiger partial charge in [-0.15, -0.1) is 0 Å². The summed E-state index contributed by atoms with van der Waals surface area (Å²) in [6.45, 7) is 7.18.